The maximum atomic E-state index is 11.7. The summed E-state index contributed by atoms with van der Waals surface area (Å²) in [4.78, 5) is 21.5. The molecule has 1 fully saturated rings. The normalized spacial score (nSPS) is 21.5. The Kier molecular flexibility index (Phi) is 6.10. The van der Waals surface area contributed by atoms with Gasteiger partial charge in [-0.25, -0.2) is 4.98 Å². The molecule has 0 spiro atoms. The number of anilines is 1. The van der Waals surface area contributed by atoms with Crippen molar-refractivity contribution in [3.63, 3.8) is 0 Å². The van der Waals surface area contributed by atoms with Crippen molar-refractivity contribution in [1.82, 2.24) is 25.8 Å². The summed E-state index contributed by atoms with van der Waals surface area (Å²) in [5.41, 5.74) is 4.53. The van der Waals surface area contributed by atoms with Crippen LogP contribution in [0.5, 0.6) is 0 Å². The third kappa shape index (κ3) is 4.64. The second kappa shape index (κ2) is 9.30. The minimum Gasteiger partial charge on any atom is -0.359 e. The molecule has 3 N–H and O–H groups in total. The van der Waals surface area contributed by atoms with Gasteiger partial charge in [-0.05, 0) is 56.1 Å². The molecule has 0 amide bonds. The molecule has 1 aromatic carbocycles. The molecule has 0 radical (unpaired) electrons. The van der Waals surface area contributed by atoms with Crippen molar-refractivity contribution in [2.75, 3.05) is 44.2 Å². The Hall–Kier alpha value is -2.90. The number of carbonyl (C=O) groups excluding carboxylic acids is 1. The number of nitrogens with one attached hydrogen (secondary N) is 3. The molecule has 1 unspecified atom stereocenters. The van der Waals surface area contributed by atoms with E-state index in [0.717, 1.165) is 69.1 Å². The highest BCUT2D eigenvalue weighted by molar-refractivity contribution is 5.92. The van der Waals surface area contributed by atoms with Crippen LogP contribution in [0, 0.1) is 6.92 Å². The van der Waals surface area contributed by atoms with Crippen molar-refractivity contribution in [2.24, 2.45) is 0 Å². The maximum absolute atomic E-state index is 11.7. The number of carbonyl (C=O) groups is 1. The van der Waals surface area contributed by atoms with Crippen LogP contribution in [-0.4, -0.2) is 61.2 Å². The van der Waals surface area contributed by atoms with Gasteiger partial charge < -0.3 is 15.5 Å². The number of rotatable bonds is 6. The zero-order chi connectivity index (χ0) is 21.9. The van der Waals surface area contributed by atoms with Gasteiger partial charge in [0.15, 0.2) is 12.1 Å². The minimum absolute atomic E-state index is 0.0186. The Morgan fingerprint density at radius 1 is 1.16 bits per heavy atom. The Balaban J connectivity index is 1.06. The zero-order valence-electron chi connectivity index (χ0n) is 18.7. The van der Waals surface area contributed by atoms with Gasteiger partial charge in [-0.1, -0.05) is 18.2 Å². The lowest BCUT2D eigenvalue weighted by Crippen LogP contribution is -2.54. The van der Waals surface area contributed by atoms with E-state index in [1.165, 1.54) is 16.5 Å². The van der Waals surface area contributed by atoms with Gasteiger partial charge >= 0.3 is 0 Å². The maximum Gasteiger partial charge on any atom is 0.158 e. The van der Waals surface area contributed by atoms with E-state index in [1.807, 2.05) is 6.20 Å². The van der Waals surface area contributed by atoms with Crippen LogP contribution in [0.4, 0.5) is 5.82 Å². The predicted octanol–water partition coefficient (Wildman–Crippen LogP) is 2.25. The lowest BCUT2D eigenvalue weighted by atomic mass is 9.97. The van der Waals surface area contributed by atoms with E-state index in [9.17, 15) is 4.79 Å². The lowest BCUT2D eigenvalue weighted by molar-refractivity contribution is -0.114. The number of ketones is 1. The van der Waals surface area contributed by atoms with Crippen LogP contribution in [0.15, 0.2) is 53.9 Å². The number of benzene rings is 1. The highest BCUT2D eigenvalue weighted by Gasteiger charge is 2.22. The third-order valence-corrected chi connectivity index (χ3v) is 6.62. The summed E-state index contributed by atoms with van der Waals surface area (Å²) in [5.74, 6) is 1.30. The third-order valence-electron chi connectivity index (χ3n) is 6.62. The number of para-hydroxylation sites is 1. The van der Waals surface area contributed by atoms with E-state index < -0.39 is 0 Å². The lowest BCUT2D eigenvalue weighted by Gasteiger charge is -2.36. The van der Waals surface area contributed by atoms with E-state index in [2.05, 4.69) is 63.0 Å². The van der Waals surface area contributed by atoms with Gasteiger partial charge in [-0.15, -0.1) is 0 Å². The molecule has 2 aromatic rings. The molecule has 1 saturated heterocycles. The summed E-state index contributed by atoms with van der Waals surface area (Å²) in [7, 11) is 0. The van der Waals surface area contributed by atoms with Crippen LogP contribution in [0.3, 0.4) is 0 Å². The van der Waals surface area contributed by atoms with Crippen molar-refractivity contribution in [1.29, 1.82) is 0 Å². The Morgan fingerprint density at radius 2 is 2.00 bits per heavy atom. The van der Waals surface area contributed by atoms with Gasteiger partial charge in [0, 0.05) is 56.0 Å². The fourth-order valence-electron chi connectivity index (χ4n) is 4.74. The average Bonchev–Trinajstić information content (AvgIpc) is 2.82. The molecule has 3 aliphatic rings. The molecule has 1 atom stereocenters. The first kappa shape index (κ1) is 21.0. The van der Waals surface area contributed by atoms with Gasteiger partial charge in [0.25, 0.3) is 0 Å². The van der Waals surface area contributed by atoms with Gasteiger partial charge in [0.1, 0.15) is 5.82 Å². The van der Waals surface area contributed by atoms with Crippen LogP contribution in [-0.2, 0) is 4.79 Å². The smallest absolute Gasteiger partial charge is 0.158 e. The highest BCUT2D eigenvalue weighted by Crippen LogP contribution is 2.23. The molecular formula is C25H32N6O. The summed E-state index contributed by atoms with van der Waals surface area (Å²) < 4.78 is 0. The monoisotopic (exact) mass is 432 g/mol. The SMILES string of the molecule is Cc1cc(N2CCN(CCCNC3NC=C4CCC(=O)C=C4N3)CC2)nc2ccccc12. The molecule has 5 rings (SSSR count). The quantitative estimate of drug-likeness (QED) is 0.605. The Bertz CT molecular complexity index is 1050. The summed E-state index contributed by atoms with van der Waals surface area (Å²) in [6.07, 6.45) is 6.26. The highest BCUT2D eigenvalue weighted by atomic mass is 16.1. The number of hydrogen-bond donors (Lipinski definition) is 3. The first-order valence-corrected chi connectivity index (χ1v) is 11.7. The zero-order valence-corrected chi connectivity index (χ0v) is 18.7. The van der Waals surface area contributed by atoms with Crippen LogP contribution < -0.4 is 20.9 Å². The Morgan fingerprint density at radius 3 is 2.88 bits per heavy atom. The average molecular weight is 433 g/mol. The number of aromatic nitrogens is 1. The minimum atomic E-state index is -0.0186. The number of piperazine rings is 1. The number of pyridine rings is 1. The molecule has 7 nitrogen and oxygen atoms in total. The van der Waals surface area contributed by atoms with E-state index in [4.69, 9.17) is 4.98 Å². The molecule has 3 heterocycles. The van der Waals surface area contributed by atoms with Crippen molar-refractivity contribution < 1.29 is 4.79 Å². The first-order chi connectivity index (χ1) is 15.7. The Labute approximate surface area is 189 Å². The number of allylic oxidation sites excluding steroid dienone is 2. The van der Waals surface area contributed by atoms with Crippen molar-refractivity contribution in [3.05, 3.63) is 59.4 Å². The van der Waals surface area contributed by atoms with Crippen LogP contribution >= 0.6 is 0 Å². The molecule has 0 bridgehead atoms. The fourth-order valence-corrected chi connectivity index (χ4v) is 4.74. The van der Waals surface area contributed by atoms with E-state index >= 15 is 0 Å². The van der Waals surface area contributed by atoms with Crippen LogP contribution in [0.25, 0.3) is 10.9 Å². The first-order valence-electron chi connectivity index (χ1n) is 11.7. The van der Waals surface area contributed by atoms with Gasteiger partial charge in [-0.2, -0.15) is 0 Å². The van der Waals surface area contributed by atoms with Crippen LogP contribution in [0.1, 0.15) is 24.8 Å². The summed E-state index contributed by atoms with van der Waals surface area (Å²) in [6.45, 7) is 8.33. The predicted molar refractivity (Wildman–Crippen MR) is 128 cm³/mol. The van der Waals surface area contributed by atoms with Gasteiger partial charge in [0.2, 0.25) is 0 Å². The molecule has 168 valence electrons. The molecule has 1 aliphatic carbocycles. The second-order valence-electron chi connectivity index (χ2n) is 8.89. The second-order valence-corrected chi connectivity index (χ2v) is 8.89. The number of fused-ring (bicyclic) bond motifs is 2. The topological polar surface area (TPSA) is 72.5 Å². The fraction of sp³-hybridized carbons (Fsp3) is 0.440. The summed E-state index contributed by atoms with van der Waals surface area (Å²) >= 11 is 0. The van der Waals surface area contributed by atoms with E-state index in [0.29, 0.717) is 6.42 Å². The number of aryl methyl sites for hydroxylation is 1. The standard InChI is InChI=1S/C25H32N6O/c1-18-15-24(28-22-6-3-2-5-21(18)22)31-13-11-30(12-14-31)10-4-9-26-25-27-17-19-7-8-20(32)16-23(19)29-25/h2-3,5-6,15-17,25-27,29H,4,7-14H2,1H3. The molecule has 0 saturated carbocycles. The molecular weight excluding hydrogens is 400 g/mol. The number of hydrogen-bond acceptors (Lipinski definition) is 7. The largest absolute Gasteiger partial charge is 0.359 e. The van der Waals surface area contributed by atoms with Gasteiger partial charge in [0.05, 0.1) is 5.52 Å². The molecule has 7 heteroatoms. The van der Waals surface area contributed by atoms with E-state index in [-0.39, 0.29) is 12.1 Å². The molecule has 1 aromatic heterocycles. The number of nitrogens with zero attached hydrogens (tertiary/aromatic N) is 3. The van der Waals surface area contributed by atoms with Gasteiger partial charge in [-0.3, -0.25) is 15.0 Å². The van der Waals surface area contributed by atoms with Crippen molar-refractivity contribution >= 4 is 22.5 Å². The van der Waals surface area contributed by atoms with Crippen molar-refractivity contribution in [3.8, 4) is 0 Å². The van der Waals surface area contributed by atoms with Crippen LogP contribution in [0.2, 0.25) is 0 Å². The van der Waals surface area contributed by atoms with Crippen molar-refractivity contribution in [2.45, 2.75) is 32.5 Å². The summed E-state index contributed by atoms with van der Waals surface area (Å²) in [5, 5.41) is 11.5. The molecule has 32 heavy (non-hydrogen) atoms. The molecule has 2 aliphatic heterocycles. The van der Waals surface area contributed by atoms with E-state index in [1.54, 1.807) is 6.08 Å². The summed E-state index contributed by atoms with van der Waals surface area (Å²) in [6, 6.07) is 10.6.